The molecule has 24 heavy (non-hydrogen) atoms. The molecule has 1 heterocycles. The number of hydrogen-bond donors (Lipinski definition) is 0. The number of carbonyl (C=O) groups is 1. The fraction of sp³-hybridized carbons (Fsp3) is 0.632. The van der Waals surface area contributed by atoms with Crippen LogP contribution in [0.5, 0.6) is 11.5 Å². The number of nitrogens with zero attached hydrogens (tertiary/aromatic N) is 1. The van der Waals surface area contributed by atoms with Crippen LogP contribution in [0.1, 0.15) is 44.1 Å². The Labute approximate surface area is 143 Å². The summed E-state index contributed by atoms with van der Waals surface area (Å²) in [5.41, 5.74) is 1.20. The summed E-state index contributed by atoms with van der Waals surface area (Å²) >= 11 is 0. The Morgan fingerprint density at radius 3 is 2.54 bits per heavy atom. The number of benzene rings is 1. The molecule has 1 aromatic rings. The van der Waals surface area contributed by atoms with Gasteiger partial charge in [0.1, 0.15) is 0 Å². The van der Waals surface area contributed by atoms with Gasteiger partial charge in [-0.2, -0.15) is 0 Å². The Hall–Kier alpha value is -1.91. The summed E-state index contributed by atoms with van der Waals surface area (Å²) in [6.45, 7) is 3.58. The first-order valence-electron chi connectivity index (χ1n) is 8.80. The molecule has 0 N–H and O–H groups in total. The summed E-state index contributed by atoms with van der Waals surface area (Å²) < 4.78 is 16.5. The normalized spacial score (nSPS) is 24.2. The van der Waals surface area contributed by atoms with Crippen molar-refractivity contribution in [2.45, 2.75) is 44.6 Å². The van der Waals surface area contributed by atoms with Crippen molar-refractivity contribution in [2.24, 2.45) is 5.92 Å². The Morgan fingerprint density at radius 1 is 1.12 bits per heavy atom. The van der Waals surface area contributed by atoms with Gasteiger partial charge >= 0.3 is 6.09 Å². The molecule has 2 fully saturated rings. The molecular weight excluding hydrogens is 306 g/mol. The van der Waals surface area contributed by atoms with E-state index in [0.29, 0.717) is 24.5 Å². The molecule has 1 aromatic carbocycles. The number of likely N-dealkylation sites (tertiary alicyclic amines) is 1. The molecule has 0 spiro atoms. The largest absolute Gasteiger partial charge is 0.493 e. The standard InChI is InChI=1S/C19H27NO4/c1-13-11-20(19(21)23-3)12-16(13)14-8-9-17(22-2)18(10-14)24-15-6-4-5-7-15/h8-10,13,15-16H,4-7,11-12H2,1-3H3/t13-,16+/m0/s1. The van der Waals surface area contributed by atoms with Gasteiger partial charge in [0.15, 0.2) is 11.5 Å². The van der Waals surface area contributed by atoms with Crippen molar-refractivity contribution in [3.05, 3.63) is 23.8 Å². The molecule has 5 heteroatoms. The summed E-state index contributed by atoms with van der Waals surface area (Å²) in [5, 5.41) is 0. The number of amides is 1. The minimum atomic E-state index is -0.250. The van der Waals surface area contributed by atoms with Crippen molar-refractivity contribution in [3.8, 4) is 11.5 Å². The Morgan fingerprint density at radius 2 is 1.88 bits per heavy atom. The van der Waals surface area contributed by atoms with E-state index in [9.17, 15) is 4.79 Å². The second-order valence-corrected chi connectivity index (χ2v) is 6.89. The van der Waals surface area contributed by atoms with E-state index in [-0.39, 0.29) is 6.09 Å². The van der Waals surface area contributed by atoms with Gasteiger partial charge in [-0.1, -0.05) is 13.0 Å². The lowest BCUT2D eigenvalue weighted by molar-refractivity contribution is 0.131. The monoisotopic (exact) mass is 333 g/mol. The number of hydrogen-bond acceptors (Lipinski definition) is 4. The zero-order valence-electron chi connectivity index (χ0n) is 14.8. The lowest BCUT2D eigenvalue weighted by Crippen LogP contribution is -2.28. The molecule has 0 radical (unpaired) electrons. The number of methoxy groups -OCH3 is 2. The molecule has 0 unspecified atom stereocenters. The first kappa shape index (κ1) is 16.9. The van der Waals surface area contributed by atoms with E-state index in [0.717, 1.165) is 30.9 Å². The molecule has 2 aliphatic rings. The minimum Gasteiger partial charge on any atom is -0.493 e. The van der Waals surface area contributed by atoms with Gasteiger partial charge in [0.05, 0.1) is 20.3 Å². The first-order valence-corrected chi connectivity index (χ1v) is 8.80. The summed E-state index contributed by atoms with van der Waals surface area (Å²) in [6.07, 6.45) is 4.75. The van der Waals surface area contributed by atoms with Crippen LogP contribution < -0.4 is 9.47 Å². The third-order valence-corrected chi connectivity index (χ3v) is 5.26. The molecule has 3 rings (SSSR count). The molecule has 1 aliphatic carbocycles. The fourth-order valence-corrected chi connectivity index (χ4v) is 3.88. The SMILES string of the molecule is COC(=O)N1C[C@H](C)[C@H](c2ccc(OC)c(OC3CCCC3)c2)C1. The van der Waals surface area contributed by atoms with E-state index >= 15 is 0 Å². The van der Waals surface area contributed by atoms with Crippen LogP contribution in [0.2, 0.25) is 0 Å². The fourth-order valence-electron chi connectivity index (χ4n) is 3.88. The van der Waals surface area contributed by atoms with Crippen LogP contribution in [0.3, 0.4) is 0 Å². The quantitative estimate of drug-likeness (QED) is 0.840. The highest BCUT2D eigenvalue weighted by molar-refractivity contribution is 5.68. The maximum absolute atomic E-state index is 11.8. The van der Waals surface area contributed by atoms with Crippen LogP contribution in [-0.4, -0.2) is 44.4 Å². The van der Waals surface area contributed by atoms with Gasteiger partial charge in [-0.15, -0.1) is 0 Å². The highest BCUT2D eigenvalue weighted by Gasteiger charge is 2.34. The van der Waals surface area contributed by atoms with Gasteiger partial charge in [-0.3, -0.25) is 0 Å². The zero-order chi connectivity index (χ0) is 17.1. The molecule has 2 atom stereocenters. The van der Waals surface area contributed by atoms with Gasteiger partial charge in [-0.25, -0.2) is 4.79 Å². The Bertz CT molecular complexity index is 583. The molecule has 1 saturated carbocycles. The molecule has 5 nitrogen and oxygen atoms in total. The average Bonchev–Trinajstić information content (AvgIpc) is 3.23. The summed E-state index contributed by atoms with van der Waals surface area (Å²) in [4.78, 5) is 13.6. The summed E-state index contributed by atoms with van der Waals surface area (Å²) in [5.74, 6) is 2.28. The topological polar surface area (TPSA) is 48.0 Å². The molecule has 0 bridgehead atoms. The summed E-state index contributed by atoms with van der Waals surface area (Å²) in [6, 6.07) is 6.16. The van der Waals surface area contributed by atoms with Crippen LogP contribution in [0.25, 0.3) is 0 Å². The lowest BCUT2D eigenvalue weighted by Gasteiger charge is -2.20. The first-order chi connectivity index (χ1) is 11.6. The number of rotatable bonds is 4. The third kappa shape index (κ3) is 3.45. The van der Waals surface area contributed by atoms with Gasteiger partial charge in [0.25, 0.3) is 0 Å². The zero-order valence-corrected chi connectivity index (χ0v) is 14.8. The highest BCUT2D eigenvalue weighted by atomic mass is 16.5. The maximum atomic E-state index is 11.8. The van der Waals surface area contributed by atoms with E-state index in [2.05, 4.69) is 19.1 Å². The Balaban J connectivity index is 1.79. The molecule has 1 saturated heterocycles. The van der Waals surface area contributed by atoms with E-state index in [1.807, 2.05) is 6.07 Å². The lowest BCUT2D eigenvalue weighted by atomic mass is 9.90. The second kappa shape index (κ2) is 7.32. The summed E-state index contributed by atoms with van der Waals surface area (Å²) in [7, 11) is 3.11. The van der Waals surface area contributed by atoms with Gasteiger partial charge in [-0.05, 0) is 49.3 Å². The number of carbonyl (C=O) groups excluding carboxylic acids is 1. The minimum absolute atomic E-state index is 0.250. The van der Waals surface area contributed by atoms with Gasteiger partial charge in [0.2, 0.25) is 0 Å². The van der Waals surface area contributed by atoms with E-state index < -0.39 is 0 Å². The second-order valence-electron chi connectivity index (χ2n) is 6.89. The van der Waals surface area contributed by atoms with E-state index in [4.69, 9.17) is 14.2 Å². The van der Waals surface area contributed by atoms with Crippen molar-refractivity contribution < 1.29 is 19.0 Å². The van der Waals surface area contributed by atoms with Crippen LogP contribution in [0.4, 0.5) is 4.79 Å². The predicted molar refractivity (Wildman–Crippen MR) is 91.8 cm³/mol. The molecule has 132 valence electrons. The molecule has 0 aromatic heterocycles. The van der Waals surface area contributed by atoms with Crippen LogP contribution in [-0.2, 0) is 4.74 Å². The van der Waals surface area contributed by atoms with Crippen molar-refractivity contribution in [3.63, 3.8) is 0 Å². The van der Waals surface area contributed by atoms with E-state index in [1.165, 1.54) is 25.5 Å². The van der Waals surface area contributed by atoms with Gasteiger partial charge in [0, 0.05) is 19.0 Å². The van der Waals surface area contributed by atoms with Crippen LogP contribution in [0, 0.1) is 5.92 Å². The third-order valence-electron chi connectivity index (χ3n) is 5.26. The van der Waals surface area contributed by atoms with Crippen molar-refractivity contribution in [1.29, 1.82) is 0 Å². The smallest absolute Gasteiger partial charge is 0.409 e. The molecule has 1 aliphatic heterocycles. The predicted octanol–water partition coefficient (Wildman–Crippen LogP) is 3.82. The maximum Gasteiger partial charge on any atom is 0.409 e. The molecular formula is C19H27NO4. The van der Waals surface area contributed by atoms with Crippen molar-refractivity contribution in [2.75, 3.05) is 27.3 Å². The molecule has 1 amide bonds. The van der Waals surface area contributed by atoms with Crippen LogP contribution in [0.15, 0.2) is 18.2 Å². The average molecular weight is 333 g/mol. The Kier molecular flexibility index (Phi) is 5.17. The van der Waals surface area contributed by atoms with E-state index in [1.54, 1.807) is 12.0 Å². The van der Waals surface area contributed by atoms with Crippen LogP contribution >= 0.6 is 0 Å². The number of ether oxygens (including phenoxy) is 3. The van der Waals surface area contributed by atoms with Crippen molar-refractivity contribution in [1.82, 2.24) is 4.90 Å². The highest BCUT2D eigenvalue weighted by Crippen LogP contribution is 2.38. The van der Waals surface area contributed by atoms with Gasteiger partial charge < -0.3 is 19.1 Å². The van der Waals surface area contributed by atoms with Crippen molar-refractivity contribution >= 4 is 6.09 Å².